The van der Waals surface area contributed by atoms with Crippen LogP contribution in [0.15, 0.2) is 24.3 Å². The number of hydrogen-bond donors (Lipinski definition) is 9. The van der Waals surface area contributed by atoms with E-state index in [-0.39, 0.29) is 12.8 Å². The van der Waals surface area contributed by atoms with Crippen molar-refractivity contribution in [3.63, 3.8) is 0 Å². The van der Waals surface area contributed by atoms with Crippen LogP contribution in [0.3, 0.4) is 0 Å². The van der Waals surface area contributed by atoms with Crippen molar-refractivity contribution in [3.8, 4) is 28.7 Å². The normalized spacial score (nSPS) is 23.4. The quantitative estimate of drug-likeness (QED) is 0.106. The number of Topliss-reactive ketones (excluding diaryl/α,β-unsaturated/α-hetero) is 2. The van der Waals surface area contributed by atoms with E-state index in [0.717, 1.165) is 0 Å². The zero-order chi connectivity index (χ0) is 27.6. The number of aromatic hydroxyl groups is 4. The van der Waals surface area contributed by atoms with Gasteiger partial charge in [-0.25, -0.2) is 4.79 Å². The maximum atomic E-state index is 12.8. The number of carbonyl (C=O) groups excluding carboxylic acids is 2. The highest BCUT2D eigenvalue weighted by molar-refractivity contribution is 6.41. The predicted octanol–water partition coefficient (Wildman–Crippen LogP) is -1.23. The highest BCUT2D eigenvalue weighted by atomic mass is 16.7. The van der Waals surface area contributed by atoms with Gasteiger partial charge in [-0.1, -0.05) is 6.07 Å². The van der Waals surface area contributed by atoms with Crippen molar-refractivity contribution in [2.75, 3.05) is 6.61 Å². The van der Waals surface area contributed by atoms with Gasteiger partial charge in [-0.2, -0.15) is 0 Å². The fraction of sp³-hybridized carbons (Fsp3) is 0.348. The molecule has 1 aliphatic heterocycles. The molecule has 5 atom stereocenters. The van der Waals surface area contributed by atoms with Crippen LogP contribution < -0.4 is 4.74 Å². The van der Waals surface area contributed by atoms with E-state index in [2.05, 4.69) is 0 Å². The lowest BCUT2D eigenvalue weighted by atomic mass is 9.96. The Morgan fingerprint density at radius 2 is 1.54 bits per heavy atom. The Morgan fingerprint density at radius 1 is 0.865 bits per heavy atom. The lowest BCUT2D eigenvalue weighted by molar-refractivity contribution is -0.277. The number of benzene rings is 2. The molecule has 1 saturated heterocycles. The zero-order valence-corrected chi connectivity index (χ0v) is 18.9. The van der Waals surface area contributed by atoms with Crippen LogP contribution in [0.5, 0.6) is 28.7 Å². The van der Waals surface area contributed by atoms with Gasteiger partial charge in [-0.05, 0) is 24.1 Å². The van der Waals surface area contributed by atoms with Crippen LogP contribution >= 0.6 is 0 Å². The average molecular weight is 524 g/mol. The highest BCUT2D eigenvalue weighted by Gasteiger charge is 2.45. The molecule has 0 aliphatic carbocycles. The van der Waals surface area contributed by atoms with Crippen LogP contribution in [-0.4, -0.2) is 101 Å². The molecule has 37 heavy (non-hydrogen) atoms. The molecule has 0 aromatic heterocycles. The first-order valence-electron chi connectivity index (χ1n) is 10.7. The molecule has 0 spiro atoms. The lowest BCUT2D eigenvalue weighted by Crippen LogP contribution is -2.60. The van der Waals surface area contributed by atoms with Gasteiger partial charge in [0.15, 0.2) is 17.3 Å². The van der Waals surface area contributed by atoms with E-state index in [1.165, 1.54) is 18.2 Å². The molecule has 1 aliphatic rings. The molecule has 3 rings (SSSR count). The third kappa shape index (κ3) is 5.58. The molecule has 1 fully saturated rings. The summed E-state index contributed by atoms with van der Waals surface area (Å²) in [4.78, 5) is 36.5. The third-order valence-electron chi connectivity index (χ3n) is 5.72. The fourth-order valence-corrected chi connectivity index (χ4v) is 3.72. The Morgan fingerprint density at radius 3 is 2.14 bits per heavy atom. The number of carboxylic acids is 1. The highest BCUT2D eigenvalue weighted by Crippen LogP contribution is 2.40. The van der Waals surface area contributed by atoms with Gasteiger partial charge in [-0.3, -0.25) is 9.59 Å². The minimum absolute atomic E-state index is 0.0448. The summed E-state index contributed by atoms with van der Waals surface area (Å²) < 4.78 is 10.4. The van der Waals surface area contributed by atoms with Crippen molar-refractivity contribution >= 4 is 17.5 Å². The standard InChI is InChI=1S/C23H24O14/c24-7-14-17(29)20(32)21(33)23(37-14)36-13-6-12(28)15(18(30)16(13)19(31)22(34)35)10(26)4-2-8-1-3-9(25)11(27)5-8/h1,3,5-6,14,17,20-21,23-25,27-30,32-33H,2,4,7H2,(H,34,35)/t14-,17-,20+,21-,23-/m1/s1. The first kappa shape index (κ1) is 27.6. The van der Waals surface area contributed by atoms with Crippen LogP contribution in [0.2, 0.25) is 0 Å². The number of rotatable bonds is 9. The Bertz CT molecular complexity index is 1210. The van der Waals surface area contributed by atoms with E-state index >= 15 is 0 Å². The van der Waals surface area contributed by atoms with Gasteiger partial charge in [0.2, 0.25) is 6.29 Å². The van der Waals surface area contributed by atoms with Crippen molar-refractivity contribution < 1.29 is 69.8 Å². The van der Waals surface area contributed by atoms with E-state index in [9.17, 15) is 60.3 Å². The Labute approximate surface area is 207 Å². The summed E-state index contributed by atoms with van der Waals surface area (Å²) in [6, 6.07) is 4.38. The van der Waals surface area contributed by atoms with E-state index in [1.807, 2.05) is 0 Å². The van der Waals surface area contributed by atoms with Gasteiger partial charge in [0.1, 0.15) is 52.8 Å². The second kappa shape index (κ2) is 11.0. The number of aliphatic hydroxyl groups excluding tert-OH is 4. The minimum atomic E-state index is -2.07. The predicted molar refractivity (Wildman–Crippen MR) is 119 cm³/mol. The SMILES string of the molecule is O=C(O)C(=O)c1c(O[C@@H]2O[C@H](CO)[C@@H](O)[C@H](O)[C@H]2O)cc(O)c(C(=O)CCc2ccc(O)c(O)c2)c1O. The molecule has 0 bridgehead atoms. The van der Waals surface area contributed by atoms with Crippen molar-refractivity contribution in [3.05, 3.63) is 41.0 Å². The van der Waals surface area contributed by atoms with Crippen LogP contribution in [0.25, 0.3) is 0 Å². The van der Waals surface area contributed by atoms with E-state index < -0.39 is 94.7 Å². The molecule has 200 valence electrons. The molecular weight excluding hydrogens is 500 g/mol. The molecule has 0 radical (unpaired) electrons. The first-order valence-corrected chi connectivity index (χ1v) is 10.7. The number of carbonyl (C=O) groups is 3. The number of ketones is 2. The monoisotopic (exact) mass is 524 g/mol. The molecule has 14 heteroatoms. The summed E-state index contributed by atoms with van der Waals surface area (Å²) in [5.74, 6) is -8.61. The Hall–Kier alpha value is -3.95. The number of carboxylic acid groups (broad SMARTS) is 1. The molecule has 2 aromatic rings. The van der Waals surface area contributed by atoms with Crippen molar-refractivity contribution in [2.45, 2.75) is 43.5 Å². The van der Waals surface area contributed by atoms with Gasteiger partial charge in [0.25, 0.3) is 5.78 Å². The van der Waals surface area contributed by atoms with Gasteiger partial charge in [-0.15, -0.1) is 0 Å². The summed E-state index contributed by atoms with van der Waals surface area (Å²) in [6.45, 7) is -0.825. The van der Waals surface area contributed by atoms with Gasteiger partial charge < -0.3 is 55.4 Å². The van der Waals surface area contributed by atoms with Gasteiger partial charge in [0.05, 0.1) is 6.61 Å². The molecule has 9 N–H and O–H groups in total. The zero-order valence-electron chi connectivity index (χ0n) is 18.9. The largest absolute Gasteiger partial charge is 0.507 e. The fourth-order valence-electron chi connectivity index (χ4n) is 3.72. The maximum Gasteiger partial charge on any atom is 0.377 e. The summed E-state index contributed by atoms with van der Waals surface area (Å²) >= 11 is 0. The molecule has 1 heterocycles. The topological polar surface area (TPSA) is 252 Å². The van der Waals surface area contributed by atoms with E-state index in [4.69, 9.17) is 9.47 Å². The summed E-state index contributed by atoms with van der Waals surface area (Å²) in [5, 5.41) is 88.5. The van der Waals surface area contributed by atoms with Crippen molar-refractivity contribution in [2.24, 2.45) is 0 Å². The number of phenols is 4. The maximum absolute atomic E-state index is 12.8. The molecule has 0 saturated carbocycles. The lowest BCUT2D eigenvalue weighted by Gasteiger charge is -2.39. The summed E-state index contributed by atoms with van der Waals surface area (Å²) in [6.07, 6.45) is -9.38. The number of aliphatic hydroxyl groups is 4. The van der Waals surface area contributed by atoms with Crippen LogP contribution in [0.4, 0.5) is 0 Å². The average Bonchev–Trinajstić information content (AvgIpc) is 2.84. The number of aliphatic carboxylic acids is 1. The first-order chi connectivity index (χ1) is 17.4. The number of phenolic OH excluding ortho intramolecular Hbond substituents is 4. The third-order valence-corrected chi connectivity index (χ3v) is 5.72. The van der Waals surface area contributed by atoms with Crippen LogP contribution in [-0.2, 0) is 16.0 Å². The van der Waals surface area contributed by atoms with E-state index in [1.54, 1.807) is 0 Å². The van der Waals surface area contributed by atoms with Crippen LogP contribution in [0, 0.1) is 0 Å². The summed E-state index contributed by atoms with van der Waals surface area (Å²) in [5.41, 5.74) is -1.49. The molecular formula is C23H24O14. The second-order valence-corrected chi connectivity index (χ2v) is 8.19. The Kier molecular flexibility index (Phi) is 8.20. The van der Waals surface area contributed by atoms with Crippen molar-refractivity contribution in [1.29, 1.82) is 0 Å². The van der Waals surface area contributed by atoms with Crippen molar-refractivity contribution in [1.82, 2.24) is 0 Å². The number of ether oxygens (including phenoxy) is 2. The summed E-state index contributed by atoms with van der Waals surface area (Å²) in [7, 11) is 0. The Balaban J connectivity index is 1.96. The van der Waals surface area contributed by atoms with E-state index in [0.29, 0.717) is 11.6 Å². The molecule has 2 aromatic carbocycles. The molecule has 0 amide bonds. The van der Waals surface area contributed by atoms with Gasteiger partial charge in [0, 0.05) is 12.5 Å². The second-order valence-electron chi connectivity index (χ2n) is 8.19. The number of aryl methyl sites for hydroxylation is 1. The van der Waals surface area contributed by atoms with Gasteiger partial charge >= 0.3 is 5.97 Å². The number of hydrogen-bond acceptors (Lipinski definition) is 13. The molecule has 0 unspecified atom stereocenters. The molecule has 14 nitrogen and oxygen atoms in total. The smallest absolute Gasteiger partial charge is 0.377 e. The minimum Gasteiger partial charge on any atom is -0.507 e. The van der Waals surface area contributed by atoms with Crippen LogP contribution in [0.1, 0.15) is 32.7 Å².